The van der Waals surface area contributed by atoms with E-state index in [0.717, 1.165) is 25.0 Å². The van der Waals surface area contributed by atoms with Crippen LogP contribution in [0.25, 0.3) is 0 Å². The first-order valence-electron chi connectivity index (χ1n) is 7.89. The first-order valence-corrected chi connectivity index (χ1v) is 9.29. The van der Waals surface area contributed by atoms with Crippen LogP contribution in [0.3, 0.4) is 0 Å². The van der Waals surface area contributed by atoms with Gasteiger partial charge in [0.15, 0.2) is 0 Å². The molecule has 0 N–H and O–H groups in total. The van der Waals surface area contributed by atoms with E-state index < -0.39 is 10.2 Å². The number of aromatic nitrogens is 1. The van der Waals surface area contributed by atoms with Crippen molar-refractivity contribution < 1.29 is 13.2 Å². The highest BCUT2D eigenvalue weighted by Gasteiger charge is 2.34. The Morgan fingerprint density at radius 2 is 2.00 bits per heavy atom. The van der Waals surface area contributed by atoms with Crippen molar-refractivity contribution in [3.8, 4) is 0 Å². The monoisotopic (exact) mass is 325 g/mol. The van der Waals surface area contributed by atoms with Crippen molar-refractivity contribution in [2.45, 2.75) is 19.3 Å². The van der Waals surface area contributed by atoms with Crippen molar-refractivity contribution in [3.63, 3.8) is 0 Å². The van der Waals surface area contributed by atoms with Gasteiger partial charge < -0.3 is 4.74 Å². The number of hydrogen-bond acceptors (Lipinski definition) is 4. The van der Waals surface area contributed by atoms with Gasteiger partial charge >= 0.3 is 0 Å². The molecule has 22 heavy (non-hydrogen) atoms. The molecule has 6 nitrogen and oxygen atoms in total. The highest BCUT2D eigenvalue weighted by atomic mass is 32.2. The normalized spacial score (nSPS) is 25.2. The number of hydrogen-bond donors (Lipinski definition) is 0. The lowest BCUT2D eigenvalue weighted by Crippen LogP contribution is -2.51. The molecule has 1 aromatic rings. The van der Waals surface area contributed by atoms with Crippen LogP contribution in [0.1, 0.15) is 18.5 Å². The summed E-state index contributed by atoms with van der Waals surface area (Å²) in [4.78, 5) is 4.35. The summed E-state index contributed by atoms with van der Waals surface area (Å²) in [6.45, 7) is 3.12. The van der Waals surface area contributed by atoms with E-state index >= 15 is 0 Å². The maximum Gasteiger partial charge on any atom is 0.282 e. The molecule has 0 radical (unpaired) electrons. The van der Waals surface area contributed by atoms with Crippen LogP contribution >= 0.6 is 0 Å². The van der Waals surface area contributed by atoms with E-state index in [2.05, 4.69) is 4.98 Å². The zero-order valence-corrected chi connectivity index (χ0v) is 13.5. The van der Waals surface area contributed by atoms with Gasteiger partial charge in [-0.15, -0.1) is 0 Å². The van der Waals surface area contributed by atoms with Crippen molar-refractivity contribution in [1.82, 2.24) is 13.6 Å². The lowest BCUT2D eigenvalue weighted by molar-refractivity contribution is 0.0691. The molecule has 0 bridgehead atoms. The first kappa shape index (κ1) is 15.9. The van der Waals surface area contributed by atoms with E-state index in [1.807, 2.05) is 18.2 Å². The van der Waals surface area contributed by atoms with Gasteiger partial charge in [-0.25, -0.2) is 0 Å². The average molecular weight is 325 g/mol. The van der Waals surface area contributed by atoms with E-state index in [1.54, 1.807) is 14.8 Å². The highest BCUT2D eigenvalue weighted by molar-refractivity contribution is 7.86. The molecular formula is C15H23N3O3S. The number of morpholine rings is 1. The minimum absolute atomic E-state index is 0.347. The van der Waals surface area contributed by atoms with E-state index in [0.29, 0.717) is 45.3 Å². The number of ether oxygens (including phenoxy) is 1. The molecule has 0 saturated carbocycles. The molecule has 0 aliphatic carbocycles. The van der Waals surface area contributed by atoms with Gasteiger partial charge in [0.2, 0.25) is 0 Å². The Morgan fingerprint density at radius 1 is 1.18 bits per heavy atom. The number of pyridine rings is 1. The predicted octanol–water partition coefficient (Wildman–Crippen LogP) is 0.913. The third-order valence-electron chi connectivity index (χ3n) is 4.33. The van der Waals surface area contributed by atoms with Crippen LogP contribution in [0.2, 0.25) is 0 Å². The lowest BCUT2D eigenvalue weighted by Gasteiger charge is -2.36. The molecule has 2 aliphatic heterocycles. The summed E-state index contributed by atoms with van der Waals surface area (Å²) in [5.41, 5.74) is 1.04. The maximum absolute atomic E-state index is 12.7. The molecule has 7 heteroatoms. The minimum Gasteiger partial charge on any atom is -0.379 e. The fourth-order valence-corrected chi connectivity index (χ4v) is 4.85. The van der Waals surface area contributed by atoms with Crippen LogP contribution in [0.15, 0.2) is 24.4 Å². The molecule has 1 atom stereocenters. The van der Waals surface area contributed by atoms with E-state index in [9.17, 15) is 8.42 Å². The van der Waals surface area contributed by atoms with Gasteiger partial charge in [0, 0.05) is 38.1 Å². The summed E-state index contributed by atoms with van der Waals surface area (Å²) < 4.78 is 33.9. The van der Waals surface area contributed by atoms with Crippen LogP contribution in [-0.4, -0.2) is 61.4 Å². The first-order chi connectivity index (χ1) is 10.7. The quantitative estimate of drug-likeness (QED) is 0.826. The third kappa shape index (κ3) is 3.65. The topological polar surface area (TPSA) is 62.7 Å². The smallest absolute Gasteiger partial charge is 0.282 e. The van der Waals surface area contributed by atoms with Crippen LogP contribution in [-0.2, 0) is 21.4 Å². The van der Waals surface area contributed by atoms with Crippen molar-refractivity contribution in [1.29, 1.82) is 0 Å². The van der Waals surface area contributed by atoms with Crippen molar-refractivity contribution in [2.75, 3.05) is 39.4 Å². The second kappa shape index (κ2) is 7.04. The summed E-state index contributed by atoms with van der Waals surface area (Å²) in [6.07, 6.45) is 4.61. The summed E-state index contributed by atoms with van der Waals surface area (Å²) in [5, 5.41) is 0. The predicted molar refractivity (Wildman–Crippen MR) is 83.5 cm³/mol. The third-order valence-corrected chi connectivity index (χ3v) is 6.33. The Kier molecular flexibility index (Phi) is 5.07. The minimum atomic E-state index is -3.34. The van der Waals surface area contributed by atoms with Crippen molar-refractivity contribution >= 4 is 10.2 Å². The lowest BCUT2D eigenvalue weighted by atomic mass is 9.94. The number of nitrogens with zero attached hydrogens (tertiary/aromatic N) is 3. The Labute approximate surface area is 132 Å². The SMILES string of the molecule is O=S(=O)(N1CCOCC1)N1CCCC(Cc2ccccn2)C1. The van der Waals surface area contributed by atoms with Gasteiger partial charge in [-0.3, -0.25) is 4.98 Å². The second-order valence-electron chi connectivity index (χ2n) is 5.91. The highest BCUT2D eigenvalue weighted by Crippen LogP contribution is 2.24. The number of rotatable bonds is 4. The summed E-state index contributed by atoms with van der Waals surface area (Å²) in [7, 11) is -3.34. The van der Waals surface area contributed by atoms with Gasteiger partial charge in [-0.2, -0.15) is 17.0 Å². The molecule has 122 valence electrons. The molecule has 0 spiro atoms. The summed E-state index contributed by atoms with van der Waals surface area (Å²) in [5.74, 6) is 0.347. The zero-order chi connectivity index (χ0) is 15.4. The Morgan fingerprint density at radius 3 is 2.73 bits per heavy atom. The summed E-state index contributed by atoms with van der Waals surface area (Å²) >= 11 is 0. The largest absolute Gasteiger partial charge is 0.379 e. The fraction of sp³-hybridized carbons (Fsp3) is 0.667. The average Bonchev–Trinajstić information content (AvgIpc) is 2.57. The Balaban J connectivity index is 1.64. The molecular weight excluding hydrogens is 302 g/mol. The molecule has 2 saturated heterocycles. The van der Waals surface area contributed by atoms with Gasteiger partial charge in [-0.1, -0.05) is 6.07 Å². The molecule has 0 aromatic carbocycles. The molecule has 0 amide bonds. The molecule has 2 aliphatic rings. The van der Waals surface area contributed by atoms with Crippen molar-refractivity contribution in [3.05, 3.63) is 30.1 Å². The Hall–Kier alpha value is -1.02. The molecule has 1 unspecified atom stereocenters. The van der Waals surface area contributed by atoms with Gasteiger partial charge in [-0.05, 0) is 37.3 Å². The number of piperidine rings is 1. The summed E-state index contributed by atoms with van der Waals surface area (Å²) in [6, 6.07) is 5.89. The van der Waals surface area contributed by atoms with Gasteiger partial charge in [0.1, 0.15) is 0 Å². The Bertz CT molecular complexity index is 573. The second-order valence-corrected chi connectivity index (χ2v) is 7.84. The van der Waals surface area contributed by atoms with Crippen LogP contribution in [0.5, 0.6) is 0 Å². The molecule has 2 fully saturated rings. The van der Waals surface area contributed by atoms with Gasteiger partial charge in [0.05, 0.1) is 13.2 Å². The van der Waals surface area contributed by atoms with Crippen molar-refractivity contribution in [2.24, 2.45) is 5.92 Å². The molecule has 3 rings (SSSR count). The van der Waals surface area contributed by atoms with Gasteiger partial charge in [0.25, 0.3) is 10.2 Å². The van der Waals surface area contributed by atoms with Crippen LogP contribution in [0.4, 0.5) is 0 Å². The fourth-order valence-electron chi connectivity index (χ4n) is 3.16. The zero-order valence-electron chi connectivity index (χ0n) is 12.7. The standard InChI is InChI=1S/C15H23N3O3S/c19-22(20,17-8-10-21-11-9-17)18-7-3-4-14(13-18)12-15-5-1-2-6-16-15/h1-2,5-6,14H,3-4,7-13H2. The van der Waals surface area contributed by atoms with E-state index in [-0.39, 0.29) is 0 Å². The van der Waals surface area contributed by atoms with E-state index in [4.69, 9.17) is 4.74 Å². The van der Waals surface area contributed by atoms with Crippen LogP contribution in [0, 0.1) is 5.92 Å². The van der Waals surface area contributed by atoms with E-state index in [1.165, 1.54) is 0 Å². The molecule has 1 aromatic heterocycles. The maximum atomic E-state index is 12.7. The molecule has 3 heterocycles. The van der Waals surface area contributed by atoms with Crippen LogP contribution < -0.4 is 0 Å².